The molecule has 0 amide bonds. The number of fused-ring (bicyclic) bond motifs is 1. The molecule has 0 saturated heterocycles. The topological polar surface area (TPSA) is 73.8 Å². The Morgan fingerprint density at radius 1 is 0.806 bits per heavy atom. The number of nitrogens with two attached hydrogens (primary N) is 1. The summed E-state index contributed by atoms with van der Waals surface area (Å²) in [7, 11) is 0. The van der Waals surface area contributed by atoms with Crippen molar-refractivity contribution in [2.24, 2.45) is 0 Å². The van der Waals surface area contributed by atoms with Crippen LogP contribution in [0.1, 0.15) is 11.3 Å². The molecule has 0 unspecified atom stereocenters. The highest BCUT2D eigenvalue weighted by Crippen LogP contribution is 2.24. The Labute approximate surface area is 179 Å². The lowest BCUT2D eigenvalue weighted by molar-refractivity contribution is 0.927. The zero-order valence-corrected chi connectivity index (χ0v) is 16.8. The smallest absolute Gasteiger partial charge is 0.278 e. The van der Waals surface area contributed by atoms with Gasteiger partial charge < -0.3 is 5.73 Å². The molecule has 5 aromatic rings. The quantitative estimate of drug-likeness (QED) is 0.444. The standard InChI is InChI=1S/C26H20N4O/c27-21-13-11-19(12-14-21)20-8-4-9-22(17-20)30-25-23(10-5-15-28-25)29-24(26(30)31)16-18-6-2-1-3-7-18/h1-15,17H,16,27H2. The Kier molecular flexibility index (Phi) is 4.77. The molecule has 0 aliphatic carbocycles. The van der Waals surface area contributed by atoms with Crippen molar-refractivity contribution in [3.05, 3.63) is 119 Å². The molecule has 0 aliphatic rings. The summed E-state index contributed by atoms with van der Waals surface area (Å²) in [5.74, 6) is 0. The van der Waals surface area contributed by atoms with Crippen LogP contribution in [0.3, 0.4) is 0 Å². The van der Waals surface area contributed by atoms with Gasteiger partial charge in [0.25, 0.3) is 5.56 Å². The minimum atomic E-state index is -0.162. The predicted octanol–water partition coefficient (Wildman–Crippen LogP) is 4.62. The SMILES string of the molecule is Nc1ccc(-c2cccc(-n3c(=O)c(Cc4ccccc4)nc4cccnc43)c2)cc1. The first-order valence-electron chi connectivity index (χ1n) is 10.1. The molecule has 0 spiro atoms. The summed E-state index contributed by atoms with van der Waals surface area (Å²) < 4.78 is 1.65. The van der Waals surface area contributed by atoms with Crippen molar-refractivity contribution < 1.29 is 0 Å². The number of anilines is 1. The third-order valence-corrected chi connectivity index (χ3v) is 5.25. The molecule has 31 heavy (non-hydrogen) atoms. The van der Waals surface area contributed by atoms with Gasteiger partial charge in [0.05, 0.1) is 5.69 Å². The summed E-state index contributed by atoms with van der Waals surface area (Å²) in [5, 5.41) is 0. The zero-order chi connectivity index (χ0) is 21.2. The fraction of sp³-hybridized carbons (Fsp3) is 0.0385. The van der Waals surface area contributed by atoms with Crippen LogP contribution in [0.25, 0.3) is 28.0 Å². The van der Waals surface area contributed by atoms with E-state index in [1.165, 1.54) is 0 Å². The molecule has 5 nitrogen and oxygen atoms in total. The summed E-state index contributed by atoms with van der Waals surface area (Å²) in [5.41, 5.74) is 11.9. The van der Waals surface area contributed by atoms with Gasteiger partial charge >= 0.3 is 0 Å². The number of rotatable bonds is 4. The maximum Gasteiger partial charge on any atom is 0.278 e. The first kappa shape index (κ1) is 18.8. The van der Waals surface area contributed by atoms with E-state index in [1.54, 1.807) is 10.8 Å². The van der Waals surface area contributed by atoms with Crippen molar-refractivity contribution in [2.75, 3.05) is 5.73 Å². The lowest BCUT2D eigenvalue weighted by Gasteiger charge is -2.13. The normalized spacial score (nSPS) is 11.0. The molecule has 2 N–H and O–H groups in total. The summed E-state index contributed by atoms with van der Waals surface area (Å²) in [6, 6.07) is 29.2. The van der Waals surface area contributed by atoms with Gasteiger partial charge in [-0.15, -0.1) is 0 Å². The van der Waals surface area contributed by atoms with Crippen molar-refractivity contribution >= 4 is 16.9 Å². The molecule has 150 valence electrons. The third kappa shape index (κ3) is 3.69. The number of benzene rings is 3. The molecule has 0 bridgehead atoms. The fourth-order valence-electron chi connectivity index (χ4n) is 3.71. The van der Waals surface area contributed by atoms with E-state index in [-0.39, 0.29) is 5.56 Å². The van der Waals surface area contributed by atoms with Crippen LogP contribution >= 0.6 is 0 Å². The number of pyridine rings is 1. The number of hydrogen-bond donors (Lipinski definition) is 1. The summed E-state index contributed by atoms with van der Waals surface area (Å²) in [4.78, 5) is 22.6. The second-order valence-electron chi connectivity index (χ2n) is 7.38. The van der Waals surface area contributed by atoms with E-state index >= 15 is 0 Å². The highest BCUT2D eigenvalue weighted by Gasteiger charge is 2.14. The van der Waals surface area contributed by atoms with Crippen LogP contribution in [0, 0.1) is 0 Å². The van der Waals surface area contributed by atoms with Gasteiger partial charge in [-0.25, -0.2) is 9.97 Å². The number of nitrogen functional groups attached to an aromatic ring is 1. The molecular formula is C26H20N4O. The largest absolute Gasteiger partial charge is 0.399 e. The summed E-state index contributed by atoms with van der Waals surface area (Å²) in [6.45, 7) is 0. The van der Waals surface area contributed by atoms with Gasteiger partial charge in [0, 0.05) is 18.3 Å². The van der Waals surface area contributed by atoms with Gasteiger partial charge in [-0.2, -0.15) is 0 Å². The van der Waals surface area contributed by atoms with Crippen LogP contribution in [0.4, 0.5) is 5.69 Å². The number of nitrogens with zero attached hydrogens (tertiary/aromatic N) is 3. The van der Waals surface area contributed by atoms with Crippen molar-refractivity contribution in [2.45, 2.75) is 6.42 Å². The Morgan fingerprint density at radius 2 is 1.61 bits per heavy atom. The van der Waals surface area contributed by atoms with Gasteiger partial charge in [0.1, 0.15) is 11.2 Å². The molecular weight excluding hydrogens is 384 g/mol. The molecule has 0 radical (unpaired) electrons. The molecule has 0 atom stereocenters. The Morgan fingerprint density at radius 3 is 2.42 bits per heavy atom. The van der Waals surface area contributed by atoms with Crippen LogP contribution in [0.15, 0.2) is 102 Å². The molecule has 5 rings (SSSR count). The third-order valence-electron chi connectivity index (χ3n) is 5.25. The molecule has 0 aliphatic heterocycles. The van der Waals surface area contributed by atoms with Crippen molar-refractivity contribution in [3.8, 4) is 16.8 Å². The number of aromatic nitrogens is 3. The van der Waals surface area contributed by atoms with E-state index in [9.17, 15) is 4.79 Å². The zero-order valence-electron chi connectivity index (χ0n) is 16.8. The van der Waals surface area contributed by atoms with Gasteiger partial charge in [0.2, 0.25) is 0 Å². The van der Waals surface area contributed by atoms with Crippen LogP contribution in [0.5, 0.6) is 0 Å². The second kappa shape index (κ2) is 7.88. The van der Waals surface area contributed by atoms with Gasteiger partial charge in [-0.05, 0) is 53.1 Å². The van der Waals surface area contributed by atoms with Crippen LogP contribution in [0.2, 0.25) is 0 Å². The van der Waals surface area contributed by atoms with Crippen molar-refractivity contribution in [1.82, 2.24) is 14.5 Å². The van der Waals surface area contributed by atoms with Gasteiger partial charge in [-0.3, -0.25) is 9.36 Å². The van der Waals surface area contributed by atoms with E-state index in [0.717, 1.165) is 22.4 Å². The van der Waals surface area contributed by atoms with E-state index in [1.807, 2.05) is 91.0 Å². The highest BCUT2D eigenvalue weighted by molar-refractivity contribution is 5.74. The lowest BCUT2D eigenvalue weighted by atomic mass is 10.0. The molecule has 5 heteroatoms. The van der Waals surface area contributed by atoms with Gasteiger partial charge in [-0.1, -0.05) is 54.6 Å². The fourth-order valence-corrected chi connectivity index (χ4v) is 3.71. The van der Waals surface area contributed by atoms with Crippen LogP contribution < -0.4 is 11.3 Å². The highest BCUT2D eigenvalue weighted by atomic mass is 16.1. The van der Waals surface area contributed by atoms with Crippen LogP contribution in [-0.4, -0.2) is 14.5 Å². The van der Waals surface area contributed by atoms with E-state index in [4.69, 9.17) is 5.73 Å². The maximum atomic E-state index is 13.5. The minimum Gasteiger partial charge on any atom is -0.399 e. The van der Waals surface area contributed by atoms with E-state index < -0.39 is 0 Å². The van der Waals surface area contributed by atoms with Crippen molar-refractivity contribution in [1.29, 1.82) is 0 Å². The summed E-state index contributed by atoms with van der Waals surface area (Å²) >= 11 is 0. The average molecular weight is 404 g/mol. The summed E-state index contributed by atoms with van der Waals surface area (Å²) in [6.07, 6.45) is 2.14. The first-order chi connectivity index (χ1) is 15.2. The monoisotopic (exact) mass is 404 g/mol. The minimum absolute atomic E-state index is 0.162. The van der Waals surface area contributed by atoms with Crippen molar-refractivity contribution in [3.63, 3.8) is 0 Å². The van der Waals surface area contributed by atoms with E-state index in [2.05, 4.69) is 9.97 Å². The molecule has 0 fully saturated rings. The molecule has 3 aromatic carbocycles. The molecule has 0 saturated carbocycles. The van der Waals surface area contributed by atoms with Crippen LogP contribution in [-0.2, 0) is 6.42 Å². The van der Waals surface area contributed by atoms with Gasteiger partial charge in [0.15, 0.2) is 5.65 Å². The lowest BCUT2D eigenvalue weighted by Crippen LogP contribution is -2.25. The predicted molar refractivity (Wildman–Crippen MR) is 124 cm³/mol. The second-order valence-corrected chi connectivity index (χ2v) is 7.38. The average Bonchev–Trinajstić information content (AvgIpc) is 2.81. The Balaban J connectivity index is 1.69. The Bertz CT molecular complexity index is 1420. The Hall–Kier alpha value is -4.25. The number of hydrogen-bond acceptors (Lipinski definition) is 4. The maximum absolute atomic E-state index is 13.5. The van der Waals surface area contributed by atoms with E-state index in [0.29, 0.717) is 29.0 Å². The molecule has 2 heterocycles. The first-order valence-corrected chi connectivity index (χ1v) is 10.1. The molecule has 2 aromatic heterocycles.